The lowest BCUT2D eigenvalue weighted by atomic mass is 9.92. The first-order valence-corrected chi connectivity index (χ1v) is 13.9. The van der Waals surface area contributed by atoms with Gasteiger partial charge in [-0.1, -0.05) is 0 Å². The van der Waals surface area contributed by atoms with Gasteiger partial charge in [-0.15, -0.1) is 0 Å². The second-order valence-corrected chi connectivity index (χ2v) is 11.5. The zero-order valence-corrected chi connectivity index (χ0v) is 20.9. The fourth-order valence-electron chi connectivity index (χ4n) is 4.40. The van der Waals surface area contributed by atoms with Crippen LogP contribution in [0.3, 0.4) is 0 Å². The molecule has 0 unspecified atom stereocenters. The van der Waals surface area contributed by atoms with Crippen molar-refractivity contribution in [1.82, 2.24) is 29.3 Å². The van der Waals surface area contributed by atoms with Crippen LogP contribution in [-0.2, 0) is 10.0 Å². The molecule has 0 aliphatic heterocycles. The third-order valence-corrected chi connectivity index (χ3v) is 7.89. The lowest BCUT2D eigenvalue weighted by molar-refractivity contribution is -0.130. The van der Waals surface area contributed by atoms with Crippen LogP contribution in [-0.4, -0.2) is 68.1 Å². The van der Waals surface area contributed by atoms with Gasteiger partial charge in [0.05, 0.1) is 24.4 Å². The molecule has 206 valence electrons. The van der Waals surface area contributed by atoms with E-state index in [4.69, 9.17) is 4.99 Å². The lowest BCUT2D eigenvalue weighted by Gasteiger charge is -2.29. The molecule has 3 aromatic heterocycles. The Labute approximate surface area is 214 Å². The minimum atomic E-state index is -4.53. The number of nitrogens with zero attached hydrogens (tertiary/aromatic N) is 4. The normalized spacial score (nSPS) is 21.9. The first-order valence-electron chi connectivity index (χ1n) is 12.2. The molecule has 3 aromatic rings. The first-order chi connectivity index (χ1) is 17.9. The number of rotatable bonds is 8. The monoisotopic (exact) mass is 556 g/mol. The number of halogens is 3. The molecule has 0 radical (unpaired) electrons. The predicted molar refractivity (Wildman–Crippen MR) is 131 cm³/mol. The third-order valence-electron chi connectivity index (χ3n) is 6.46. The number of alkyl halides is 3. The third kappa shape index (κ3) is 6.53. The zero-order valence-electron chi connectivity index (χ0n) is 20.1. The summed E-state index contributed by atoms with van der Waals surface area (Å²) < 4.78 is 65.3. The maximum atomic E-state index is 12.4. The fraction of sp³-hybridized carbons (Fsp3) is 0.545. The van der Waals surface area contributed by atoms with Gasteiger partial charge < -0.3 is 15.4 Å². The van der Waals surface area contributed by atoms with Gasteiger partial charge in [-0.2, -0.15) is 22.8 Å². The number of nitrogens with one attached hydrogen (secondary N) is 4. The number of anilines is 1. The van der Waals surface area contributed by atoms with Gasteiger partial charge in [-0.25, -0.2) is 22.9 Å². The Kier molecular flexibility index (Phi) is 6.94. The largest absolute Gasteiger partial charge is 0.493 e. The number of aromatic amines is 2. The summed E-state index contributed by atoms with van der Waals surface area (Å²) in [5, 5.41) is 18.2. The zero-order chi connectivity index (χ0) is 27.1. The molecule has 3 heterocycles. The van der Waals surface area contributed by atoms with E-state index >= 15 is 0 Å². The maximum Gasteiger partial charge on any atom is 0.390 e. The van der Waals surface area contributed by atoms with Crippen LogP contribution in [0.25, 0.3) is 11.7 Å². The Balaban J connectivity index is 1.32. The van der Waals surface area contributed by atoms with Gasteiger partial charge >= 0.3 is 11.9 Å². The van der Waals surface area contributed by atoms with Gasteiger partial charge in [0, 0.05) is 23.4 Å². The van der Waals surface area contributed by atoms with E-state index in [1.165, 1.54) is 0 Å². The minimum Gasteiger partial charge on any atom is -0.493 e. The topological polar surface area (TPSA) is 170 Å². The van der Waals surface area contributed by atoms with Gasteiger partial charge in [0.2, 0.25) is 15.9 Å². The van der Waals surface area contributed by atoms with E-state index in [9.17, 15) is 31.5 Å². The van der Waals surface area contributed by atoms with E-state index in [0.717, 1.165) is 12.8 Å². The van der Waals surface area contributed by atoms with Crippen LogP contribution in [0.2, 0.25) is 0 Å². The Morgan fingerprint density at radius 2 is 1.87 bits per heavy atom. The molecule has 2 aliphatic rings. The quantitative estimate of drug-likeness (QED) is 0.271. The van der Waals surface area contributed by atoms with Crippen LogP contribution >= 0.6 is 0 Å². The van der Waals surface area contributed by atoms with Gasteiger partial charge in [-0.3, -0.25) is 9.98 Å². The molecule has 2 aliphatic carbocycles. The molecule has 2 saturated carbocycles. The molecule has 12 nitrogen and oxygen atoms in total. The molecule has 38 heavy (non-hydrogen) atoms. The van der Waals surface area contributed by atoms with Gasteiger partial charge in [-0.05, 0) is 44.6 Å². The summed E-state index contributed by atoms with van der Waals surface area (Å²) in [6, 6.07) is 1.53. The second kappa shape index (κ2) is 10.1. The molecule has 0 atom stereocenters. The molecule has 0 spiro atoms. The van der Waals surface area contributed by atoms with Crippen LogP contribution in [0.15, 0.2) is 22.1 Å². The van der Waals surface area contributed by atoms with Crippen molar-refractivity contribution in [3.8, 4) is 5.88 Å². The first kappa shape index (κ1) is 26.2. The van der Waals surface area contributed by atoms with Crippen LogP contribution in [0.5, 0.6) is 5.88 Å². The van der Waals surface area contributed by atoms with Gasteiger partial charge in [0.15, 0.2) is 11.1 Å². The number of hydrogen-bond donors (Lipinski definition) is 5. The van der Waals surface area contributed by atoms with Crippen LogP contribution in [0.4, 0.5) is 19.0 Å². The van der Waals surface area contributed by atoms with Crippen LogP contribution < -0.4 is 26.4 Å². The van der Waals surface area contributed by atoms with E-state index in [2.05, 4.69) is 30.1 Å². The van der Waals surface area contributed by atoms with Crippen LogP contribution in [0, 0.1) is 0 Å². The van der Waals surface area contributed by atoms with Crippen molar-refractivity contribution in [3.05, 3.63) is 39.1 Å². The Morgan fingerprint density at radius 3 is 2.50 bits per heavy atom. The highest BCUT2D eigenvalue weighted by Gasteiger charge is 2.31. The number of fused-ring (bicyclic) bond motifs is 1. The average Bonchev–Trinajstić information content (AvgIpc) is 3.47. The van der Waals surface area contributed by atoms with Crippen molar-refractivity contribution in [2.75, 3.05) is 11.1 Å². The summed E-state index contributed by atoms with van der Waals surface area (Å²) in [6.07, 6.45) is 1.27. The van der Waals surface area contributed by atoms with E-state index in [0.29, 0.717) is 47.9 Å². The molecular formula is C22H27F3N8O4S. The second-order valence-electron chi connectivity index (χ2n) is 9.68. The van der Waals surface area contributed by atoms with E-state index < -0.39 is 40.1 Å². The summed E-state index contributed by atoms with van der Waals surface area (Å²) in [5.74, 6) is -0.754. The van der Waals surface area contributed by atoms with Crippen molar-refractivity contribution < 1.29 is 26.7 Å². The number of aromatic hydroxyl groups is 1. The standard InChI is InChI=1S/C22H27F3N8O4S/c23-22(24,25)7-8-38(36,37)32-15-5-3-13(4-6-15)27-17-10-18(28-14-1-2-14)33-19(30-17)12(11-26-33)9-16-20(34)31-21(35)29-16/h9-11,13-15,27,32,34H,1-8H2,(H2,29,31,35)/b12-9+,28-18?. The molecule has 5 rings (SSSR count). The molecule has 5 N–H and O–H groups in total. The smallest absolute Gasteiger partial charge is 0.390 e. The van der Waals surface area contributed by atoms with E-state index in [1.807, 2.05) is 0 Å². The number of imidazole rings is 1. The molecule has 2 fully saturated rings. The highest BCUT2D eigenvalue weighted by Crippen LogP contribution is 2.25. The van der Waals surface area contributed by atoms with E-state index in [1.54, 1.807) is 22.9 Å². The van der Waals surface area contributed by atoms with Crippen molar-refractivity contribution in [2.45, 2.75) is 69.2 Å². The average molecular weight is 557 g/mol. The SMILES string of the molecule is O=c1[nH]c(O)c(/C=c2\cnn3c(=NC4CC4)cc(NC4CCC(NS(=O)(=O)CCC(F)(F)F)CC4)nc23)[nH]1. The minimum absolute atomic E-state index is 0.0323. The number of sulfonamides is 1. The molecule has 0 bridgehead atoms. The number of aromatic nitrogens is 5. The number of H-pyrrole nitrogens is 2. The lowest BCUT2D eigenvalue weighted by Crippen LogP contribution is -2.41. The van der Waals surface area contributed by atoms with Gasteiger partial charge in [0.25, 0.3) is 0 Å². The summed E-state index contributed by atoms with van der Waals surface area (Å²) in [4.78, 5) is 25.6. The Hall–Kier alpha value is -3.40. The fourth-order valence-corrected chi connectivity index (χ4v) is 5.76. The van der Waals surface area contributed by atoms with Crippen molar-refractivity contribution in [3.63, 3.8) is 0 Å². The van der Waals surface area contributed by atoms with E-state index in [-0.39, 0.29) is 23.7 Å². The highest BCUT2D eigenvalue weighted by atomic mass is 32.2. The Morgan fingerprint density at radius 1 is 1.16 bits per heavy atom. The summed E-state index contributed by atoms with van der Waals surface area (Å²) in [6.45, 7) is 0. The highest BCUT2D eigenvalue weighted by molar-refractivity contribution is 7.89. The Bertz CT molecular complexity index is 1600. The van der Waals surface area contributed by atoms with Crippen LogP contribution in [0.1, 0.15) is 50.6 Å². The summed E-state index contributed by atoms with van der Waals surface area (Å²) >= 11 is 0. The predicted octanol–water partition coefficient (Wildman–Crippen LogP) is 0.657. The van der Waals surface area contributed by atoms with Crippen molar-refractivity contribution in [1.29, 1.82) is 0 Å². The van der Waals surface area contributed by atoms with Gasteiger partial charge in [0.1, 0.15) is 11.5 Å². The van der Waals surface area contributed by atoms with Crippen molar-refractivity contribution >= 4 is 27.6 Å². The molecule has 16 heteroatoms. The molecule has 0 aromatic carbocycles. The summed E-state index contributed by atoms with van der Waals surface area (Å²) in [7, 11) is -4.02. The molecule has 0 amide bonds. The molecular weight excluding hydrogens is 529 g/mol. The maximum absolute atomic E-state index is 12.4. The summed E-state index contributed by atoms with van der Waals surface area (Å²) in [5.41, 5.74) is 0.685. The molecule has 0 saturated heterocycles. The van der Waals surface area contributed by atoms with Crippen molar-refractivity contribution in [2.24, 2.45) is 4.99 Å². The number of hydrogen-bond acceptors (Lipinski definition) is 8.